The van der Waals surface area contributed by atoms with Crippen molar-refractivity contribution in [1.29, 1.82) is 0 Å². The molecule has 8 heteroatoms. The van der Waals surface area contributed by atoms with Crippen LogP contribution in [0.1, 0.15) is 6.92 Å². The van der Waals surface area contributed by atoms with Crippen LogP contribution in [-0.4, -0.2) is 32.0 Å². The van der Waals surface area contributed by atoms with Crippen LogP contribution >= 0.6 is 0 Å². The Balaban J connectivity index is 2.30. The summed E-state index contributed by atoms with van der Waals surface area (Å²) in [6.45, 7) is 2.53. The van der Waals surface area contributed by atoms with Gasteiger partial charge in [-0.25, -0.2) is 22.8 Å². The normalized spacial score (nSPS) is 11.2. The number of hydrogen-bond acceptors (Lipinski definition) is 5. The highest BCUT2D eigenvalue weighted by Crippen LogP contribution is 2.21. The molecule has 1 heterocycles. The molecule has 2 rings (SSSR count). The minimum atomic E-state index is -3.78. The van der Waals surface area contributed by atoms with Crippen molar-refractivity contribution in [1.82, 2.24) is 9.97 Å². The second-order valence-corrected chi connectivity index (χ2v) is 6.19. The van der Waals surface area contributed by atoms with Crippen molar-refractivity contribution in [3.05, 3.63) is 42.5 Å². The van der Waals surface area contributed by atoms with Crippen molar-refractivity contribution < 1.29 is 12.8 Å². The first kappa shape index (κ1) is 15.2. The molecule has 0 fully saturated rings. The number of anilines is 2. The second kappa shape index (κ2) is 6.04. The number of halogens is 1. The van der Waals surface area contributed by atoms with Crippen molar-refractivity contribution in [2.24, 2.45) is 0 Å². The van der Waals surface area contributed by atoms with Crippen molar-refractivity contribution in [3.8, 4) is 0 Å². The van der Waals surface area contributed by atoms with Gasteiger partial charge in [-0.2, -0.15) is 0 Å². The third kappa shape index (κ3) is 3.27. The highest BCUT2D eigenvalue weighted by molar-refractivity contribution is 7.92. The summed E-state index contributed by atoms with van der Waals surface area (Å²) < 4.78 is 38.8. The number of sulfonamides is 1. The molecule has 0 bridgehead atoms. The maximum absolute atomic E-state index is 12.9. The quantitative estimate of drug-likeness (QED) is 0.912. The average molecular weight is 310 g/mol. The van der Waals surface area contributed by atoms with Gasteiger partial charge < -0.3 is 5.32 Å². The minimum absolute atomic E-state index is 0.0315. The molecule has 0 spiro atoms. The predicted molar refractivity (Wildman–Crippen MR) is 78.2 cm³/mol. The van der Waals surface area contributed by atoms with Gasteiger partial charge in [-0.05, 0) is 31.2 Å². The van der Waals surface area contributed by atoms with Crippen LogP contribution in [0.25, 0.3) is 0 Å². The van der Waals surface area contributed by atoms with E-state index in [1.165, 1.54) is 43.7 Å². The Morgan fingerprint density at radius 1 is 1.19 bits per heavy atom. The highest BCUT2D eigenvalue weighted by atomic mass is 32.2. The molecule has 6 nitrogen and oxygen atoms in total. The maximum Gasteiger partial charge on any atom is 0.267 e. The van der Waals surface area contributed by atoms with Crippen molar-refractivity contribution >= 4 is 21.7 Å². The molecule has 0 aliphatic heterocycles. The Hall–Kier alpha value is -2.22. The zero-order valence-electron chi connectivity index (χ0n) is 11.6. The van der Waals surface area contributed by atoms with Gasteiger partial charge in [0, 0.05) is 13.6 Å². The van der Waals surface area contributed by atoms with Gasteiger partial charge in [0.2, 0.25) is 5.95 Å². The molecular formula is C13H15FN4O2S. The van der Waals surface area contributed by atoms with Gasteiger partial charge >= 0.3 is 0 Å². The molecular weight excluding hydrogens is 295 g/mol. The van der Waals surface area contributed by atoms with Crippen LogP contribution in [0, 0.1) is 5.82 Å². The Morgan fingerprint density at radius 2 is 1.76 bits per heavy atom. The van der Waals surface area contributed by atoms with E-state index in [1.54, 1.807) is 0 Å². The van der Waals surface area contributed by atoms with Crippen LogP contribution in [0.4, 0.5) is 16.0 Å². The van der Waals surface area contributed by atoms with Crippen LogP contribution in [0.3, 0.4) is 0 Å². The summed E-state index contributed by atoms with van der Waals surface area (Å²) in [7, 11) is -2.39. The van der Waals surface area contributed by atoms with Gasteiger partial charge in [0.1, 0.15) is 10.7 Å². The molecule has 0 aliphatic rings. The highest BCUT2D eigenvalue weighted by Gasteiger charge is 2.22. The van der Waals surface area contributed by atoms with Crippen LogP contribution in [-0.2, 0) is 10.0 Å². The van der Waals surface area contributed by atoms with Crippen LogP contribution in [0.15, 0.2) is 41.6 Å². The fourth-order valence-corrected chi connectivity index (χ4v) is 2.73. The Bertz CT molecular complexity index is 702. The monoisotopic (exact) mass is 310 g/mol. The third-order valence-corrected chi connectivity index (χ3v) is 4.55. The van der Waals surface area contributed by atoms with E-state index >= 15 is 0 Å². The van der Waals surface area contributed by atoms with E-state index in [0.29, 0.717) is 18.2 Å². The predicted octanol–water partition coefficient (Wildman–Crippen LogP) is 1.87. The summed E-state index contributed by atoms with van der Waals surface area (Å²) in [5, 5.41) is 2.88. The number of rotatable bonds is 5. The zero-order chi connectivity index (χ0) is 15.5. The largest absolute Gasteiger partial charge is 0.355 e. The van der Waals surface area contributed by atoms with Crippen LogP contribution < -0.4 is 9.62 Å². The first-order chi connectivity index (χ1) is 9.95. The lowest BCUT2D eigenvalue weighted by molar-refractivity contribution is 0.593. The fourth-order valence-electron chi connectivity index (χ4n) is 1.65. The summed E-state index contributed by atoms with van der Waals surface area (Å²) in [5.74, 6) is -0.0660. The van der Waals surface area contributed by atoms with Crippen LogP contribution in [0.2, 0.25) is 0 Å². The lowest BCUT2D eigenvalue weighted by Gasteiger charge is -2.19. The molecule has 2 aromatic rings. The lowest BCUT2D eigenvalue weighted by Crippen LogP contribution is -2.26. The Labute approximate surface area is 122 Å². The smallest absolute Gasteiger partial charge is 0.267 e. The summed E-state index contributed by atoms with van der Waals surface area (Å²) in [6.07, 6.45) is 2.47. The van der Waals surface area contributed by atoms with Gasteiger partial charge in [-0.15, -0.1) is 0 Å². The van der Waals surface area contributed by atoms with E-state index < -0.39 is 15.8 Å². The molecule has 1 aromatic carbocycles. The van der Waals surface area contributed by atoms with E-state index in [9.17, 15) is 12.8 Å². The topological polar surface area (TPSA) is 75.2 Å². The lowest BCUT2D eigenvalue weighted by atomic mass is 10.3. The van der Waals surface area contributed by atoms with Crippen molar-refractivity contribution in [2.75, 3.05) is 23.2 Å². The van der Waals surface area contributed by atoms with Gasteiger partial charge in [0.15, 0.2) is 0 Å². The molecule has 21 heavy (non-hydrogen) atoms. The van der Waals surface area contributed by atoms with E-state index in [2.05, 4.69) is 15.3 Å². The summed E-state index contributed by atoms with van der Waals surface area (Å²) in [6, 6.07) is 5.18. The summed E-state index contributed by atoms with van der Waals surface area (Å²) in [4.78, 5) is 7.84. The fraction of sp³-hybridized carbons (Fsp3) is 0.231. The van der Waals surface area contributed by atoms with Crippen molar-refractivity contribution in [3.63, 3.8) is 0 Å². The molecule has 1 aromatic heterocycles. The molecule has 0 amide bonds. The number of benzene rings is 1. The number of nitrogens with zero attached hydrogens (tertiary/aromatic N) is 3. The molecule has 112 valence electrons. The van der Waals surface area contributed by atoms with E-state index in [0.717, 1.165) is 4.31 Å². The molecule has 1 N–H and O–H groups in total. The Morgan fingerprint density at radius 3 is 2.29 bits per heavy atom. The average Bonchev–Trinajstić information content (AvgIpc) is 2.48. The second-order valence-electron chi connectivity index (χ2n) is 4.22. The molecule has 0 saturated heterocycles. The maximum atomic E-state index is 12.9. The zero-order valence-corrected chi connectivity index (χ0v) is 12.4. The van der Waals surface area contributed by atoms with Crippen LogP contribution in [0.5, 0.6) is 0 Å². The SMILES string of the molecule is CCNc1ncc(S(=O)(=O)N(C)c2ccc(F)cc2)cn1. The molecule has 0 radical (unpaired) electrons. The number of aromatic nitrogens is 2. The summed E-state index contributed by atoms with van der Waals surface area (Å²) >= 11 is 0. The van der Waals surface area contributed by atoms with E-state index in [4.69, 9.17) is 0 Å². The summed E-state index contributed by atoms with van der Waals surface area (Å²) in [5.41, 5.74) is 0.354. The number of nitrogens with one attached hydrogen (secondary N) is 1. The van der Waals surface area contributed by atoms with Gasteiger partial charge in [0.25, 0.3) is 10.0 Å². The standard InChI is InChI=1S/C13H15FN4O2S/c1-3-15-13-16-8-12(9-17-13)21(19,20)18(2)11-6-4-10(14)5-7-11/h4-9H,3H2,1-2H3,(H,15,16,17). The molecule has 0 aliphatic carbocycles. The molecule has 0 atom stereocenters. The van der Waals surface area contributed by atoms with Gasteiger partial charge in [0.05, 0.1) is 18.1 Å². The van der Waals surface area contributed by atoms with Gasteiger partial charge in [-0.3, -0.25) is 4.31 Å². The molecule has 0 unspecified atom stereocenters. The molecule has 0 saturated carbocycles. The Kier molecular flexibility index (Phi) is 4.37. The minimum Gasteiger partial charge on any atom is -0.355 e. The van der Waals surface area contributed by atoms with E-state index in [-0.39, 0.29) is 4.90 Å². The van der Waals surface area contributed by atoms with Gasteiger partial charge in [-0.1, -0.05) is 0 Å². The van der Waals surface area contributed by atoms with Crippen molar-refractivity contribution in [2.45, 2.75) is 11.8 Å². The number of hydrogen-bond donors (Lipinski definition) is 1. The first-order valence-electron chi connectivity index (χ1n) is 6.25. The van der Waals surface area contributed by atoms with E-state index in [1.807, 2.05) is 6.92 Å². The third-order valence-electron chi connectivity index (χ3n) is 2.81. The first-order valence-corrected chi connectivity index (χ1v) is 7.69.